The van der Waals surface area contributed by atoms with Crippen LogP contribution < -0.4 is 15.0 Å². The van der Waals surface area contributed by atoms with Crippen LogP contribution in [0.1, 0.15) is 36.7 Å². The number of nitrogens with one attached hydrogen (secondary N) is 1. The molecule has 1 aliphatic rings. The highest BCUT2D eigenvalue weighted by Crippen LogP contribution is 2.24. The summed E-state index contributed by atoms with van der Waals surface area (Å²) in [5, 5.41) is 11.9. The minimum atomic E-state index is -0.678. The summed E-state index contributed by atoms with van der Waals surface area (Å²) in [6.07, 6.45) is 0. The number of anilines is 1. The van der Waals surface area contributed by atoms with Crippen molar-refractivity contribution >= 4 is 17.5 Å². The molecule has 1 unspecified atom stereocenters. The third-order valence-corrected chi connectivity index (χ3v) is 5.70. The van der Waals surface area contributed by atoms with Gasteiger partial charge < -0.3 is 19.9 Å². The van der Waals surface area contributed by atoms with E-state index in [0.29, 0.717) is 37.3 Å². The molecule has 2 amide bonds. The lowest BCUT2D eigenvalue weighted by Gasteiger charge is -2.38. The highest BCUT2D eigenvalue weighted by molar-refractivity contribution is 6.02. The molecule has 3 rings (SSSR count). The summed E-state index contributed by atoms with van der Waals surface area (Å²) >= 11 is 0. The Bertz CT molecular complexity index is 980. The second-order valence-corrected chi connectivity index (χ2v) is 8.97. The van der Waals surface area contributed by atoms with E-state index in [1.54, 1.807) is 36.3 Å². The van der Waals surface area contributed by atoms with E-state index in [0.717, 1.165) is 11.4 Å². The minimum Gasteiger partial charge on any atom is -0.497 e. The van der Waals surface area contributed by atoms with Crippen LogP contribution >= 0.6 is 0 Å². The van der Waals surface area contributed by atoms with Crippen LogP contribution in [0, 0.1) is 16.7 Å². The number of carbonyl (C=O) groups excluding carboxylic acids is 2. The van der Waals surface area contributed by atoms with Crippen LogP contribution in [0.5, 0.6) is 5.75 Å². The fourth-order valence-electron chi connectivity index (χ4n) is 3.73. The largest absolute Gasteiger partial charge is 0.497 e. The van der Waals surface area contributed by atoms with Crippen LogP contribution in [0.2, 0.25) is 0 Å². The Balaban J connectivity index is 1.64. The summed E-state index contributed by atoms with van der Waals surface area (Å²) in [5.74, 6) is 0.652. The number of rotatable bonds is 5. The van der Waals surface area contributed by atoms with Gasteiger partial charge >= 0.3 is 6.03 Å². The van der Waals surface area contributed by atoms with Crippen LogP contribution in [0.4, 0.5) is 10.5 Å². The van der Waals surface area contributed by atoms with E-state index in [1.165, 1.54) is 0 Å². The summed E-state index contributed by atoms with van der Waals surface area (Å²) in [6.45, 7) is 8.36. The molecule has 1 saturated heterocycles. The van der Waals surface area contributed by atoms with Crippen LogP contribution in [-0.4, -0.2) is 56.0 Å². The summed E-state index contributed by atoms with van der Waals surface area (Å²) in [7, 11) is 1.64. The number of methoxy groups -OCH3 is 1. The number of ketones is 1. The van der Waals surface area contributed by atoms with Crippen LogP contribution in [0.25, 0.3) is 0 Å². The Labute approximate surface area is 189 Å². The molecule has 7 heteroatoms. The first-order valence-electron chi connectivity index (χ1n) is 10.7. The lowest BCUT2D eigenvalue weighted by Crippen LogP contribution is -2.57. The number of hydrogen-bond acceptors (Lipinski definition) is 5. The minimum absolute atomic E-state index is 0.160. The van der Waals surface area contributed by atoms with Crippen LogP contribution in [0.3, 0.4) is 0 Å². The lowest BCUT2D eigenvalue weighted by atomic mass is 9.82. The fraction of sp³-hybridized carbons (Fsp3) is 0.400. The molecule has 0 aromatic heterocycles. The van der Waals surface area contributed by atoms with E-state index >= 15 is 0 Å². The molecule has 7 nitrogen and oxygen atoms in total. The number of nitriles is 1. The first-order chi connectivity index (χ1) is 15.2. The van der Waals surface area contributed by atoms with Gasteiger partial charge in [0.15, 0.2) is 5.78 Å². The van der Waals surface area contributed by atoms with Crippen LogP contribution in [-0.2, 0) is 0 Å². The number of hydrogen-bond donors (Lipinski definition) is 1. The molecule has 168 valence electrons. The normalized spacial score (nSPS) is 15.0. The number of piperazine rings is 1. The smallest absolute Gasteiger partial charge is 0.318 e. The van der Waals surface area contributed by atoms with Gasteiger partial charge in [0.25, 0.3) is 0 Å². The molecule has 1 heterocycles. The third kappa shape index (κ3) is 5.38. The molecule has 2 aromatic carbocycles. The van der Waals surface area contributed by atoms with Crippen molar-refractivity contribution in [2.75, 3.05) is 38.2 Å². The van der Waals surface area contributed by atoms with E-state index in [9.17, 15) is 9.59 Å². The van der Waals surface area contributed by atoms with Gasteiger partial charge in [-0.1, -0.05) is 32.9 Å². The fourth-order valence-corrected chi connectivity index (χ4v) is 3.73. The van der Waals surface area contributed by atoms with E-state index in [1.807, 2.05) is 45.0 Å². The van der Waals surface area contributed by atoms with Crippen molar-refractivity contribution < 1.29 is 14.3 Å². The highest BCUT2D eigenvalue weighted by atomic mass is 16.5. The van der Waals surface area contributed by atoms with Crippen LogP contribution in [0.15, 0.2) is 48.5 Å². The maximum absolute atomic E-state index is 13.2. The predicted octanol–water partition coefficient (Wildman–Crippen LogP) is 3.70. The van der Waals surface area contributed by atoms with Crippen molar-refractivity contribution in [2.24, 2.45) is 5.41 Å². The third-order valence-electron chi connectivity index (χ3n) is 5.70. The average molecular weight is 435 g/mol. The molecule has 1 atom stereocenters. The SMILES string of the molecule is COc1ccc(N2CCN(C(=O)NC(C(=O)c3ccc(C#N)cc3)C(C)(C)C)CC2)cc1. The number of Topliss-reactive ketones (excluding diaryl/α,β-unsaturated/α-hetero) is 1. The first-order valence-corrected chi connectivity index (χ1v) is 10.7. The highest BCUT2D eigenvalue weighted by Gasteiger charge is 2.35. The van der Waals surface area contributed by atoms with Gasteiger partial charge in [-0.15, -0.1) is 0 Å². The number of carbonyl (C=O) groups is 2. The second-order valence-electron chi connectivity index (χ2n) is 8.97. The van der Waals surface area contributed by atoms with Gasteiger partial charge in [0.1, 0.15) is 5.75 Å². The quantitative estimate of drug-likeness (QED) is 0.726. The molecule has 0 saturated carbocycles. The van der Waals surface area contributed by atoms with E-state index in [2.05, 4.69) is 16.3 Å². The van der Waals surface area contributed by atoms with Gasteiger partial charge in [-0.2, -0.15) is 5.26 Å². The monoisotopic (exact) mass is 434 g/mol. The maximum atomic E-state index is 13.2. The molecule has 1 fully saturated rings. The first kappa shape index (κ1) is 23.1. The van der Waals surface area contributed by atoms with Gasteiger partial charge in [-0.05, 0) is 41.8 Å². The van der Waals surface area contributed by atoms with Crippen molar-refractivity contribution in [3.05, 3.63) is 59.7 Å². The van der Waals surface area contributed by atoms with Crippen molar-refractivity contribution in [2.45, 2.75) is 26.8 Å². The van der Waals surface area contributed by atoms with Crippen molar-refractivity contribution in [3.8, 4) is 11.8 Å². The number of benzene rings is 2. The van der Waals surface area contributed by atoms with E-state index < -0.39 is 11.5 Å². The number of amides is 2. The zero-order valence-corrected chi connectivity index (χ0v) is 19.1. The van der Waals surface area contributed by atoms with Crippen molar-refractivity contribution in [1.29, 1.82) is 5.26 Å². The molecule has 32 heavy (non-hydrogen) atoms. The van der Waals surface area contributed by atoms with E-state index in [4.69, 9.17) is 10.00 Å². The van der Waals surface area contributed by atoms with Crippen molar-refractivity contribution in [3.63, 3.8) is 0 Å². The summed E-state index contributed by atoms with van der Waals surface area (Å²) < 4.78 is 5.21. The van der Waals surface area contributed by atoms with Crippen molar-refractivity contribution in [1.82, 2.24) is 10.2 Å². The predicted molar refractivity (Wildman–Crippen MR) is 124 cm³/mol. The molecule has 0 bridgehead atoms. The van der Waals surface area contributed by atoms with E-state index in [-0.39, 0.29) is 11.8 Å². The van der Waals surface area contributed by atoms with Gasteiger partial charge in [0.2, 0.25) is 0 Å². The van der Waals surface area contributed by atoms with Gasteiger partial charge in [0, 0.05) is 37.4 Å². The van der Waals surface area contributed by atoms with Gasteiger partial charge in [-0.3, -0.25) is 4.79 Å². The molecule has 2 aromatic rings. The molecular weight excluding hydrogens is 404 g/mol. The second kappa shape index (κ2) is 9.73. The number of ether oxygens (including phenoxy) is 1. The van der Waals surface area contributed by atoms with Gasteiger partial charge in [-0.25, -0.2) is 4.79 Å². The summed E-state index contributed by atoms with van der Waals surface area (Å²) in [6, 6.07) is 15.5. The molecular formula is C25H30N4O3. The summed E-state index contributed by atoms with van der Waals surface area (Å²) in [5.41, 5.74) is 1.60. The Morgan fingerprint density at radius 2 is 1.59 bits per heavy atom. The molecule has 1 N–H and O–H groups in total. The lowest BCUT2D eigenvalue weighted by molar-refractivity contribution is 0.0862. The molecule has 1 aliphatic heterocycles. The number of nitrogens with zero attached hydrogens (tertiary/aromatic N) is 3. The molecule has 0 aliphatic carbocycles. The molecule has 0 radical (unpaired) electrons. The summed E-state index contributed by atoms with van der Waals surface area (Å²) in [4.78, 5) is 30.2. The Kier molecular flexibility index (Phi) is 7.04. The Morgan fingerprint density at radius 3 is 2.09 bits per heavy atom. The Morgan fingerprint density at radius 1 is 1.00 bits per heavy atom. The zero-order chi connectivity index (χ0) is 23.3. The topological polar surface area (TPSA) is 85.7 Å². The number of urea groups is 1. The Hall–Kier alpha value is -3.53. The van der Waals surface area contributed by atoms with Gasteiger partial charge in [0.05, 0.1) is 24.8 Å². The molecule has 0 spiro atoms. The maximum Gasteiger partial charge on any atom is 0.318 e. The average Bonchev–Trinajstić information content (AvgIpc) is 2.81. The standard InChI is InChI=1S/C25H30N4O3/c1-25(2,3)23(22(30)19-7-5-18(17-26)6-8-19)27-24(31)29-15-13-28(14-16-29)20-9-11-21(32-4)12-10-20/h5-12,23H,13-16H2,1-4H3,(H,27,31). The zero-order valence-electron chi connectivity index (χ0n) is 19.1.